The van der Waals surface area contributed by atoms with Gasteiger partial charge < -0.3 is 9.32 Å². The summed E-state index contributed by atoms with van der Waals surface area (Å²) in [5.74, 6) is -0.350. The highest BCUT2D eigenvalue weighted by molar-refractivity contribution is 6.30. The molecule has 1 amide bonds. The summed E-state index contributed by atoms with van der Waals surface area (Å²) in [6.07, 6.45) is 0. The van der Waals surface area contributed by atoms with E-state index < -0.39 is 5.63 Å². The van der Waals surface area contributed by atoms with Gasteiger partial charge in [-0.15, -0.1) is 0 Å². The second kappa shape index (κ2) is 6.89. The molecule has 2 aromatic carbocycles. The topological polar surface area (TPSA) is 50.5 Å². The third-order valence-electron chi connectivity index (χ3n) is 3.80. The lowest BCUT2D eigenvalue weighted by atomic mass is 10.1. The van der Waals surface area contributed by atoms with E-state index in [9.17, 15) is 9.59 Å². The lowest BCUT2D eigenvalue weighted by molar-refractivity contribution is 0.0748. The number of carbonyl (C=O) groups is 1. The van der Waals surface area contributed by atoms with Crippen molar-refractivity contribution >= 4 is 28.5 Å². The average molecular weight is 342 g/mol. The van der Waals surface area contributed by atoms with Gasteiger partial charge in [-0.05, 0) is 36.8 Å². The first-order valence-electron chi connectivity index (χ1n) is 7.65. The molecule has 3 aromatic rings. The zero-order chi connectivity index (χ0) is 17.1. The van der Waals surface area contributed by atoms with Crippen LogP contribution in [0.15, 0.2) is 63.8 Å². The summed E-state index contributed by atoms with van der Waals surface area (Å²) < 4.78 is 5.25. The van der Waals surface area contributed by atoms with E-state index in [1.54, 1.807) is 35.2 Å². The van der Waals surface area contributed by atoms with Gasteiger partial charge in [-0.1, -0.05) is 41.9 Å². The van der Waals surface area contributed by atoms with Gasteiger partial charge in [0.2, 0.25) is 0 Å². The van der Waals surface area contributed by atoms with Crippen molar-refractivity contribution < 1.29 is 9.21 Å². The predicted octanol–water partition coefficient (Wildman–Crippen LogP) is 4.11. The maximum absolute atomic E-state index is 12.8. The summed E-state index contributed by atoms with van der Waals surface area (Å²) in [5, 5.41) is 1.33. The van der Waals surface area contributed by atoms with Gasteiger partial charge in [0.1, 0.15) is 11.1 Å². The Balaban J connectivity index is 1.94. The fraction of sp³-hybridized carbons (Fsp3) is 0.158. The van der Waals surface area contributed by atoms with Gasteiger partial charge in [0.05, 0.1) is 0 Å². The van der Waals surface area contributed by atoms with Crippen LogP contribution >= 0.6 is 11.6 Å². The van der Waals surface area contributed by atoms with E-state index >= 15 is 0 Å². The van der Waals surface area contributed by atoms with Crippen molar-refractivity contribution in [3.63, 3.8) is 0 Å². The van der Waals surface area contributed by atoms with Crippen LogP contribution in [0.4, 0.5) is 0 Å². The molecule has 5 heteroatoms. The fourth-order valence-electron chi connectivity index (χ4n) is 2.56. The fourth-order valence-corrected chi connectivity index (χ4v) is 2.78. The lowest BCUT2D eigenvalue weighted by Gasteiger charge is -2.20. The molecule has 0 bridgehead atoms. The first-order valence-corrected chi connectivity index (χ1v) is 8.03. The van der Waals surface area contributed by atoms with Crippen LogP contribution in [0.2, 0.25) is 5.02 Å². The monoisotopic (exact) mass is 341 g/mol. The summed E-state index contributed by atoms with van der Waals surface area (Å²) in [4.78, 5) is 26.5. The zero-order valence-electron chi connectivity index (χ0n) is 13.2. The van der Waals surface area contributed by atoms with Gasteiger partial charge in [0, 0.05) is 23.5 Å². The van der Waals surface area contributed by atoms with Crippen molar-refractivity contribution in [2.24, 2.45) is 0 Å². The van der Waals surface area contributed by atoms with Crippen LogP contribution in [-0.4, -0.2) is 17.4 Å². The molecule has 24 heavy (non-hydrogen) atoms. The van der Waals surface area contributed by atoms with Crippen molar-refractivity contribution in [2.45, 2.75) is 13.5 Å². The highest BCUT2D eigenvalue weighted by Crippen LogP contribution is 2.16. The second-order valence-corrected chi connectivity index (χ2v) is 5.87. The minimum atomic E-state index is -0.622. The Hall–Kier alpha value is -2.59. The largest absolute Gasteiger partial charge is 0.422 e. The van der Waals surface area contributed by atoms with Crippen LogP contribution in [0, 0.1) is 0 Å². The van der Waals surface area contributed by atoms with E-state index in [4.69, 9.17) is 16.0 Å². The van der Waals surface area contributed by atoms with E-state index in [2.05, 4.69) is 0 Å². The Morgan fingerprint density at radius 2 is 1.92 bits per heavy atom. The molecule has 0 unspecified atom stereocenters. The first-order chi connectivity index (χ1) is 11.6. The van der Waals surface area contributed by atoms with Crippen LogP contribution in [0.5, 0.6) is 0 Å². The standard InChI is InChI=1S/C19H16ClNO3/c1-2-21(12-13-6-5-8-15(20)10-13)18(22)16-11-14-7-3-4-9-17(14)24-19(16)23/h3-11H,2,12H2,1H3. The van der Waals surface area contributed by atoms with Crippen LogP contribution in [-0.2, 0) is 6.54 Å². The predicted molar refractivity (Wildman–Crippen MR) is 94.4 cm³/mol. The summed E-state index contributed by atoms with van der Waals surface area (Å²) >= 11 is 5.99. The summed E-state index contributed by atoms with van der Waals surface area (Å²) in [6, 6.07) is 16.0. The van der Waals surface area contributed by atoms with Crippen LogP contribution in [0.25, 0.3) is 11.0 Å². The summed E-state index contributed by atoms with van der Waals surface area (Å²) in [7, 11) is 0. The Labute approximate surface area is 144 Å². The molecule has 0 aliphatic rings. The van der Waals surface area contributed by atoms with E-state index in [-0.39, 0.29) is 11.5 Å². The van der Waals surface area contributed by atoms with Crippen molar-refractivity contribution in [3.05, 3.63) is 81.2 Å². The number of hydrogen-bond acceptors (Lipinski definition) is 3. The molecule has 0 radical (unpaired) electrons. The molecule has 1 heterocycles. The van der Waals surface area contributed by atoms with Crippen molar-refractivity contribution in [1.29, 1.82) is 0 Å². The molecule has 0 fully saturated rings. The minimum Gasteiger partial charge on any atom is -0.422 e. The number of hydrogen-bond donors (Lipinski definition) is 0. The van der Waals surface area contributed by atoms with E-state index in [1.165, 1.54) is 0 Å². The molecule has 0 N–H and O–H groups in total. The van der Waals surface area contributed by atoms with Crippen LogP contribution in [0.1, 0.15) is 22.8 Å². The van der Waals surface area contributed by atoms with Crippen molar-refractivity contribution in [1.82, 2.24) is 4.90 Å². The molecule has 0 saturated carbocycles. The smallest absolute Gasteiger partial charge is 0.349 e. The van der Waals surface area contributed by atoms with Crippen molar-refractivity contribution in [3.8, 4) is 0 Å². The van der Waals surface area contributed by atoms with Gasteiger partial charge in [0.25, 0.3) is 5.91 Å². The molecule has 0 atom stereocenters. The molecule has 0 saturated heterocycles. The van der Waals surface area contributed by atoms with Gasteiger partial charge in [-0.25, -0.2) is 4.79 Å². The highest BCUT2D eigenvalue weighted by Gasteiger charge is 2.19. The zero-order valence-corrected chi connectivity index (χ0v) is 13.9. The number of nitrogens with zero attached hydrogens (tertiary/aromatic N) is 1. The minimum absolute atomic E-state index is 0.0394. The summed E-state index contributed by atoms with van der Waals surface area (Å²) in [6.45, 7) is 2.71. The number of benzene rings is 2. The number of para-hydroxylation sites is 1. The lowest BCUT2D eigenvalue weighted by Crippen LogP contribution is -2.33. The van der Waals surface area contributed by atoms with Crippen LogP contribution in [0.3, 0.4) is 0 Å². The van der Waals surface area contributed by atoms with Gasteiger partial charge in [-0.3, -0.25) is 4.79 Å². The van der Waals surface area contributed by atoms with E-state index in [0.717, 1.165) is 10.9 Å². The van der Waals surface area contributed by atoms with Crippen LogP contribution < -0.4 is 5.63 Å². The van der Waals surface area contributed by atoms with Gasteiger partial charge in [-0.2, -0.15) is 0 Å². The Kier molecular flexibility index (Phi) is 4.67. The van der Waals surface area contributed by atoms with Crippen molar-refractivity contribution in [2.75, 3.05) is 6.54 Å². The molecular formula is C19H16ClNO3. The first kappa shape index (κ1) is 16.3. The third kappa shape index (κ3) is 3.34. The normalized spacial score (nSPS) is 10.8. The number of halogens is 1. The number of carbonyl (C=O) groups excluding carboxylic acids is 1. The Morgan fingerprint density at radius 1 is 1.12 bits per heavy atom. The molecule has 122 valence electrons. The average Bonchev–Trinajstić information content (AvgIpc) is 2.58. The molecule has 3 rings (SSSR count). The number of amides is 1. The van der Waals surface area contributed by atoms with Gasteiger partial charge in [0.15, 0.2) is 0 Å². The highest BCUT2D eigenvalue weighted by atomic mass is 35.5. The van der Waals surface area contributed by atoms with E-state index in [1.807, 2.05) is 31.2 Å². The van der Waals surface area contributed by atoms with E-state index in [0.29, 0.717) is 23.7 Å². The van der Waals surface area contributed by atoms with Gasteiger partial charge >= 0.3 is 5.63 Å². The Morgan fingerprint density at radius 3 is 2.67 bits per heavy atom. The molecule has 0 spiro atoms. The molecule has 0 aliphatic heterocycles. The Bertz CT molecular complexity index is 948. The summed E-state index contributed by atoms with van der Waals surface area (Å²) in [5.41, 5.74) is 0.792. The molecule has 4 nitrogen and oxygen atoms in total. The second-order valence-electron chi connectivity index (χ2n) is 5.43. The third-order valence-corrected chi connectivity index (χ3v) is 4.04. The molecular weight excluding hydrogens is 326 g/mol. The molecule has 0 aliphatic carbocycles. The maximum Gasteiger partial charge on any atom is 0.349 e. The quantitative estimate of drug-likeness (QED) is 0.671. The number of fused-ring (bicyclic) bond motifs is 1. The number of rotatable bonds is 4. The molecule has 1 aromatic heterocycles. The SMILES string of the molecule is CCN(Cc1cccc(Cl)c1)C(=O)c1cc2ccccc2oc1=O. The maximum atomic E-state index is 12.8.